The summed E-state index contributed by atoms with van der Waals surface area (Å²) in [5.74, 6) is 6.96. The number of hydrogen-bond donors (Lipinski definition) is 3. The quantitative estimate of drug-likeness (QED) is 0.296. The summed E-state index contributed by atoms with van der Waals surface area (Å²) in [5.41, 5.74) is 8.29. The zero-order valence-electron chi connectivity index (χ0n) is 18.4. The number of nitrogens with zero attached hydrogens (tertiary/aromatic N) is 3. The molecule has 2 aromatic carbocycles. The molecule has 4 rings (SSSR count). The first kappa shape index (κ1) is 22.8. The third-order valence-corrected chi connectivity index (χ3v) is 6.16. The zero-order chi connectivity index (χ0) is 23.2. The Morgan fingerprint density at radius 1 is 1.12 bits per heavy atom. The number of benzene rings is 2. The number of likely N-dealkylation sites (tertiary alicyclic amines) is 1. The SMILES string of the molecule is N=CN(CCN1CCCCC1)C(=N)c1ccc(C#Cc2c(N)ncc3ccc(Cl)cc23)cc1. The second kappa shape index (κ2) is 10.5. The second-order valence-corrected chi connectivity index (χ2v) is 8.59. The van der Waals surface area contributed by atoms with Crippen LogP contribution in [0.3, 0.4) is 0 Å². The van der Waals surface area contributed by atoms with Crippen molar-refractivity contribution in [2.75, 3.05) is 31.9 Å². The third kappa shape index (κ3) is 5.51. The molecule has 4 N–H and O–H groups in total. The Bertz CT molecular complexity index is 1210. The maximum atomic E-state index is 8.53. The van der Waals surface area contributed by atoms with E-state index in [9.17, 15) is 0 Å². The molecule has 3 aromatic rings. The number of anilines is 1. The molecule has 2 heterocycles. The molecule has 0 atom stereocenters. The molecule has 6 nitrogen and oxygen atoms in total. The van der Waals surface area contributed by atoms with Crippen LogP contribution in [0.1, 0.15) is 36.0 Å². The number of rotatable bonds is 5. The standard InChI is InChI=1S/C26H27ClN6/c27-22-10-9-21-17-31-25(29)23(24(21)16-22)11-6-19-4-7-20(8-5-19)26(30)33(18-28)15-14-32-12-2-1-3-13-32/h4-5,7-10,16-18,28,30H,1-3,12-15H2,(H2,29,31). The molecule has 1 aliphatic rings. The van der Waals surface area contributed by atoms with E-state index in [0.717, 1.165) is 41.5 Å². The van der Waals surface area contributed by atoms with Gasteiger partial charge in [0.1, 0.15) is 11.7 Å². The van der Waals surface area contributed by atoms with E-state index in [1.54, 1.807) is 11.1 Å². The number of nitrogen functional groups attached to an aromatic ring is 1. The number of piperidine rings is 1. The van der Waals surface area contributed by atoms with E-state index in [0.29, 0.717) is 28.8 Å². The maximum Gasteiger partial charge on any atom is 0.139 e. The van der Waals surface area contributed by atoms with Crippen molar-refractivity contribution in [2.24, 2.45) is 0 Å². The molecule has 0 aliphatic carbocycles. The molecule has 0 unspecified atom stereocenters. The van der Waals surface area contributed by atoms with Gasteiger partial charge in [-0.1, -0.05) is 48.1 Å². The molecule has 7 heteroatoms. The molecular formula is C26H27ClN6. The van der Waals surface area contributed by atoms with Crippen molar-refractivity contribution in [2.45, 2.75) is 19.3 Å². The van der Waals surface area contributed by atoms with Gasteiger partial charge in [0.05, 0.1) is 11.9 Å². The van der Waals surface area contributed by atoms with Crippen molar-refractivity contribution in [3.05, 3.63) is 70.4 Å². The summed E-state index contributed by atoms with van der Waals surface area (Å²) in [7, 11) is 0. The van der Waals surface area contributed by atoms with Gasteiger partial charge in [0.25, 0.3) is 0 Å². The molecule has 33 heavy (non-hydrogen) atoms. The number of halogens is 1. The van der Waals surface area contributed by atoms with E-state index in [1.807, 2.05) is 42.5 Å². The normalized spacial score (nSPS) is 13.8. The lowest BCUT2D eigenvalue weighted by Gasteiger charge is -2.29. The van der Waals surface area contributed by atoms with Crippen LogP contribution in [0, 0.1) is 22.7 Å². The molecule has 0 radical (unpaired) electrons. The Balaban J connectivity index is 1.48. The van der Waals surface area contributed by atoms with E-state index in [2.05, 4.69) is 21.7 Å². The number of hydrogen-bond acceptors (Lipinski definition) is 5. The Morgan fingerprint density at radius 3 is 2.61 bits per heavy atom. The van der Waals surface area contributed by atoms with E-state index in [1.165, 1.54) is 25.6 Å². The first-order valence-corrected chi connectivity index (χ1v) is 11.5. The van der Waals surface area contributed by atoms with Crippen LogP contribution < -0.4 is 5.73 Å². The van der Waals surface area contributed by atoms with Crippen molar-refractivity contribution in [1.82, 2.24) is 14.8 Å². The largest absolute Gasteiger partial charge is 0.383 e. The van der Waals surface area contributed by atoms with E-state index < -0.39 is 0 Å². The van der Waals surface area contributed by atoms with E-state index in [4.69, 9.17) is 28.2 Å². The summed E-state index contributed by atoms with van der Waals surface area (Å²) in [5, 5.41) is 18.7. The lowest BCUT2D eigenvalue weighted by molar-refractivity contribution is 0.223. The van der Waals surface area contributed by atoms with Gasteiger partial charge in [-0.05, 0) is 50.2 Å². The van der Waals surface area contributed by atoms with E-state index >= 15 is 0 Å². The highest BCUT2D eigenvalue weighted by molar-refractivity contribution is 6.31. The number of aromatic nitrogens is 1. The second-order valence-electron chi connectivity index (χ2n) is 8.15. The maximum absolute atomic E-state index is 8.53. The first-order chi connectivity index (χ1) is 16.0. The summed E-state index contributed by atoms with van der Waals surface area (Å²) >= 11 is 6.16. The van der Waals surface area contributed by atoms with Gasteiger partial charge < -0.3 is 15.5 Å². The number of fused-ring (bicyclic) bond motifs is 1. The fraction of sp³-hybridized carbons (Fsp3) is 0.269. The van der Waals surface area contributed by atoms with Gasteiger partial charge in [-0.25, -0.2) is 4.98 Å². The van der Waals surface area contributed by atoms with Gasteiger partial charge in [0, 0.05) is 46.2 Å². The average molecular weight is 459 g/mol. The minimum Gasteiger partial charge on any atom is -0.383 e. The molecule has 1 aromatic heterocycles. The monoisotopic (exact) mass is 458 g/mol. The smallest absolute Gasteiger partial charge is 0.139 e. The summed E-state index contributed by atoms with van der Waals surface area (Å²) in [6.07, 6.45) is 6.72. The minimum absolute atomic E-state index is 0.318. The van der Waals surface area contributed by atoms with Gasteiger partial charge in [-0.2, -0.15) is 0 Å². The number of pyridine rings is 1. The summed E-state index contributed by atoms with van der Waals surface area (Å²) < 4.78 is 0. The summed E-state index contributed by atoms with van der Waals surface area (Å²) in [6, 6.07) is 13.1. The molecule has 1 saturated heterocycles. The van der Waals surface area contributed by atoms with Crippen LogP contribution in [-0.4, -0.2) is 53.1 Å². The Labute approximate surface area is 199 Å². The predicted octanol–water partition coefficient (Wildman–Crippen LogP) is 4.59. The molecule has 1 fully saturated rings. The van der Waals surface area contributed by atoms with Crippen LogP contribution in [0.2, 0.25) is 5.02 Å². The van der Waals surface area contributed by atoms with Gasteiger partial charge >= 0.3 is 0 Å². The molecule has 0 amide bonds. The van der Waals surface area contributed by atoms with Crippen LogP contribution in [-0.2, 0) is 0 Å². The fourth-order valence-corrected chi connectivity index (χ4v) is 4.19. The molecule has 0 saturated carbocycles. The molecule has 0 spiro atoms. The van der Waals surface area contributed by atoms with Crippen molar-refractivity contribution in [3.8, 4) is 11.8 Å². The molecule has 0 bridgehead atoms. The fourth-order valence-electron chi connectivity index (χ4n) is 4.02. The van der Waals surface area contributed by atoms with Gasteiger partial charge in [0.2, 0.25) is 0 Å². The topological polar surface area (TPSA) is 93.1 Å². The number of nitrogens with one attached hydrogen (secondary N) is 2. The summed E-state index contributed by atoms with van der Waals surface area (Å²) in [4.78, 5) is 8.33. The lowest BCUT2D eigenvalue weighted by Crippen LogP contribution is -2.39. The van der Waals surface area contributed by atoms with Crippen LogP contribution in [0.15, 0.2) is 48.7 Å². The third-order valence-electron chi connectivity index (χ3n) is 5.92. The van der Waals surface area contributed by atoms with Crippen molar-refractivity contribution >= 4 is 40.4 Å². The van der Waals surface area contributed by atoms with Crippen LogP contribution in [0.4, 0.5) is 5.82 Å². The van der Waals surface area contributed by atoms with Gasteiger partial charge in [-0.15, -0.1) is 0 Å². The first-order valence-electron chi connectivity index (χ1n) is 11.1. The van der Waals surface area contributed by atoms with Gasteiger partial charge in [-0.3, -0.25) is 10.8 Å². The Kier molecular flexibility index (Phi) is 7.23. The van der Waals surface area contributed by atoms with Crippen molar-refractivity contribution < 1.29 is 0 Å². The molecule has 168 valence electrons. The lowest BCUT2D eigenvalue weighted by atomic mass is 10.1. The highest BCUT2D eigenvalue weighted by atomic mass is 35.5. The van der Waals surface area contributed by atoms with Crippen molar-refractivity contribution in [3.63, 3.8) is 0 Å². The Morgan fingerprint density at radius 2 is 1.88 bits per heavy atom. The highest BCUT2D eigenvalue weighted by Gasteiger charge is 2.14. The van der Waals surface area contributed by atoms with Crippen LogP contribution >= 0.6 is 11.6 Å². The van der Waals surface area contributed by atoms with Crippen LogP contribution in [0.5, 0.6) is 0 Å². The minimum atomic E-state index is 0.318. The number of nitrogens with two attached hydrogens (primary N) is 1. The van der Waals surface area contributed by atoms with E-state index in [-0.39, 0.29) is 0 Å². The predicted molar refractivity (Wildman–Crippen MR) is 136 cm³/mol. The average Bonchev–Trinajstić information content (AvgIpc) is 2.84. The molecular weight excluding hydrogens is 432 g/mol. The zero-order valence-corrected chi connectivity index (χ0v) is 19.2. The van der Waals surface area contributed by atoms with Gasteiger partial charge in [0.15, 0.2) is 0 Å². The number of amidine groups is 1. The Hall–Kier alpha value is -3.40. The van der Waals surface area contributed by atoms with Crippen molar-refractivity contribution in [1.29, 1.82) is 10.8 Å². The van der Waals surface area contributed by atoms with Crippen LogP contribution in [0.25, 0.3) is 10.8 Å². The highest BCUT2D eigenvalue weighted by Crippen LogP contribution is 2.25. The molecule has 1 aliphatic heterocycles. The summed E-state index contributed by atoms with van der Waals surface area (Å²) in [6.45, 7) is 3.72.